The van der Waals surface area contributed by atoms with Crippen LogP contribution in [0.25, 0.3) is 16.8 Å². The van der Waals surface area contributed by atoms with Crippen LogP contribution in [0.4, 0.5) is 0 Å². The van der Waals surface area contributed by atoms with Gasteiger partial charge in [0.05, 0.1) is 34.5 Å². The van der Waals surface area contributed by atoms with Gasteiger partial charge >= 0.3 is 0 Å². The minimum atomic E-state index is -0.736. The van der Waals surface area contributed by atoms with E-state index in [-0.39, 0.29) is 11.5 Å². The second-order valence-electron chi connectivity index (χ2n) is 11.1. The number of nitriles is 1. The van der Waals surface area contributed by atoms with Gasteiger partial charge in [-0.15, -0.1) is 0 Å². The molecule has 1 atom stereocenters. The summed E-state index contributed by atoms with van der Waals surface area (Å²) in [7, 11) is 1.61. The summed E-state index contributed by atoms with van der Waals surface area (Å²) in [5.41, 5.74) is 3.97. The molecule has 4 aromatic carbocycles. The van der Waals surface area contributed by atoms with Crippen LogP contribution in [0.15, 0.2) is 106 Å². The van der Waals surface area contributed by atoms with E-state index in [4.69, 9.17) is 19.7 Å². The van der Waals surface area contributed by atoms with E-state index in [2.05, 4.69) is 6.07 Å². The van der Waals surface area contributed by atoms with E-state index >= 15 is 0 Å². The third-order valence-electron chi connectivity index (χ3n) is 8.39. The number of hydrogen-bond donors (Lipinski definition) is 0. The van der Waals surface area contributed by atoms with Crippen LogP contribution in [0.5, 0.6) is 11.5 Å². The molecule has 1 aliphatic rings. The van der Waals surface area contributed by atoms with Crippen molar-refractivity contribution >= 4 is 34.1 Å². The number of likely N-dealkylation sites (N-methyl/N-ethyl adjacent to an activating group) is 1. The number of rotatable bonds is 9. The molecule has 236 valence electrons. The zero-order valence-electron chi connectivity index (χ0n) is 26.7. The molecule has 5 aromatic rings. The van der Waals surface area contributed by atoms with Crippen molar-refractivity contribution < 1.29 is 14.3 Å². The average molecular weight is 643 g/mol. The molecule has 8 nitrogen and oxygen atoms in total. The van der Waals surface area contributed by atoms with Crippen molar-refractivity contribution in [3.63, 3.8) is 0 Å². The van der Waals surface area contributed by atoms with E-state index in [9.17, 15) is 9.59 Å². The van der Waals surface area contributed by atoms with Crippen molar-refractivity contribution in [2.45, 2.75) is 33.4 Å². The van der Waals surface area contributed by atoms with E-state index in [0.717, 1.165) is 27.5 Å². The summed E-state index contributed by atoms with van der Waals surface area (Å²) in [6, 6.07) is 28.0. The standard InChI is InChI=1S/C38H34N4O4S/c1-5-41(6-2)37(44)33-24(3)40-38-42(35(33)34-30-10-8-7-9-28(30)17-20-31(34)45-4)36(43)32(47-38)21-25-15-18-29(19-16-25)46-23-27-13-11-26(22-39)12-14-27/h7-21,35H,5-6,23H2,1-4H3/b32-21+/t35-/m1/s1. The summed E-state index contributed by atoms with van der Waals surface area (Å²) in [6.07, 6.45) is 1.84. The highest BCUT2D eigenvalue weighted by Gasteiger charge is 2.36. The Morgan fingerprint density at radius 1 is 1.02 bits per heavy atom. The summed E-state index contributed by atoms with van der Waals surface area (Å²) in [4.78, 5) is 35.6. The molecule has 0 fully saturated rings. The molecule has 1 amide bonds. The van der Waals surface area contributed by atoms with Crippen molar-refractivity contribution in [3.8, 4) is 17.6 Å². The molecule has 9 heteroatoms. The predicted molar refractivity (Wildman–Crippen MR) is 184 cm³/mol. The van der Waals surface area contributed by atoms with E-state index < -0.39 is 6.04 Å². The van der Waals surface area contributed by atoms with Crippen molar-refractivity contribution in [1.82, 2.24) is 9.47 Å². The Morgan fingerprint density at radius 3 is 2.43 bits per heavy atom. The maximum absolute atomic E-state index is 14.3. The molecule has 0 bridgehead atoms. The van der Waals surface area contributed by atoms with E-state index in [1.54, 1.807) is 28.7 Å². The highest BCUT2D eigenvalue weighted by molar-refractivity contribution is 7.07. The third kappa shape index (κ3) is 6.08. The van der Waals surface area contributed by atoms with Crippen molar-refractivity contribution in [2.24, 2.45) is 4.99 Å². The largest absolute Gasteiger partial charge is 0.496 e. The second-order valence-corrected chi connectivity index (χ2v) is 12.1. The first kappa shape index (κ1) is 31.5. The Bertz CT molecular complexity index is 2220. The van der Waals surface area contributed by atoms with Crippen LogP contribution < -0.4 is 24.4 Å². The Labute approximate surface area is 276 Å². The Kier molecular flexibility index (Phi) is 9.05. The number of fused-ring (bicyclic) bond motifs is 2. The molecule has 0 spiro atoms. The number of aromatic nitrogens is 1. The maximum Gasteiger partial charge on any atom is 0.271 e. The maximum atomic E-state index is 14.3. The Hall–Kier alpha value is -5.46. The number of thiazole rings is 1. The minimum Gasteiger partial charge on any atom is -0.496 e. The number of methoxy groups -OCH3 is 1. The fraction of sp³-hybridized carbons (Fsp3) is 0.211. The summed E-state index contributed by atoms with van der Waals surface area (Å²) in [5, 5.41) is 10.9. The molecular formula is C38H34N4O4S. The van der Waals surface area contributed by atoms with Gasteiger partial charge < -0.3 is 14.4 Å². The first-order chi connectivity index (χ1) is 22.9. The lowest BCUT2D eigenvalue weighted by Crippen LogP contribution is -2.43. The number of allylic oxidation sites excluding steroid dienone is 1. The van der Waals surface area contributed by atoms with Crippen LogP contribution >= 0.6 is 11.3 Å². The molecule has 0 unspecified atom stereocenters. The number of amides is 1. The van der Waals surface area contributed by atoms with Gasteiger partial charge in [0, 0.05) is 18.7 Å². The van der Waals surface area contributed by atoms with Gasteiger partial charge in [0.25, 0.3) is 11.5 Å². The lowest BCUT2D eigenvalue weighted by Gasteiger charge is -2.30. The lowest BCUT2D eigenvalue weighted by atomic mass is 9.90. The topological polar surface area (TPSA) is 96.9 Å². The Morgan fingerprint density at radius 2 is 1.74 bits per heavy atom. The van der Waals surface area contributed by atoms with Gasteiger partial charge in [-0.1, -0.05) is 65.9 Å². The van der Waals surface area contributed by atoms with Crippen LogP contribution in [0.3, 0.4) is 0 Å². The van der Waals surface area contributed by atoms with Crippen molar-refractivity contribution in [3.05, 3.63) is 138 Å². The second kappa shape index (κ2) is 13.5. The summed E-state index contributed by atoms with van der Waals surface area (Å²) < 4.78 is 14.0. The van der Waals surface area contributed by atoms with Gasteiger partial charge in [0.2, 0.25) is 0 Å². The van der Waals surface area contributed by atoms with E-state index in [0.29, 0.717) is 57.4 Å². The molecule has 47 heavy (non-hydrogen) atoms. The molecular weight excluding hydrogens is 609 g/mol. The van der Waals surface area contributed by atoms with Gasteiger partial charge in [-0.05, 0) is 79.1 Å². The van der Waals surface area contributed by atoms with Crippen LogP contribution in [0, 0.1) is 11.3 Å². The van der Waals surface area contributed by atoms with Crippen LogP contribution in [0.1, 0.15) is 49.1 Å². The zero-order chi connectivity index (χ0) is 33.1. The Balaban J connectivity index is 1.43. The first-order valence-corrected chi connectivity index (χ1v) is 16.3. The van der Waals surface area contributed by atoms with Crippen molar-refractivity contribution in [1.29, 1.82) is 5.26 Å². The number of carbonyl (C=O) groups is 1. The molecule has 0 saturated heterocycles. The van der Waals surface area contributed by atoms with Crippen LogP contribution in [-0.4, -0.2) is 35.6 Å². The molecule has 1 aromatic heterocycles. The van der Waals surface area contributed by atoms with Gasteiger partial charge in [-0.2, -0.15) is 5.26 Å². The fourth-order valence-electron chi connectivity index (χ4n) is 5.94. The molecule has 0 aliphatic carbocycles. The molecule has 0 saturated carbocycles. The minimum absolute atomic E-state index is 0.151. The lowest BCUT2D eigenvalue weighted by molar-refractivity contribution is -0.127. The average Bonchev–Trinajstić information content (AvgIpc) is 3.40. The molecule has 0 N–H and O–H groups in total. The van der Waals surface area contributed by atoms with Gasteiger partial charge in [0.1, 0.15) is 24.1 Å². The summed E-state index contributed by atoms with van der Waals surface area (Å²) in [6.45, 7) is 7.17. The number of benzene rings is 4. The fourth-order valence-corrected chi connectivity index (χ4v) is 6.99. The number of ether oxygens (including phenoxy) is 2. The normalized spacial score (nSPS) is 14.4. The predicted octanol–water partition coefficient (Wildman–Crippen LogP) is 5.72. The van der Waals surface area contributed by atoms with E-state index in [1.165, 1.54) is 11.3 Å². The number of hydrogen-bond acceptors (Lipinski definition) is 7. The van der Waals surface area contributed by atoms with Gasteiger partial charge in [-0.3, -0.25) is 14.2 Å². The summed E-state index contributed by atoms with van der Waals surface area (Å²) in [5.74, 6) is 1.13. The van der Waals surface area contributed by atoms with Crippen LogP contribution in [0.2, 0.25) is 0 Å². The first-order valence-electron chi connectivity index (χ1n) is 15.5. The molecule has 6 rings (SSSR count). The SMILES string of the molecule is CCN(CC)C(=O)C1=C(C)N=c2s/c(=C/c3ccc(OCc4ccc(C#N)cc4)cc3)c(=O)n2[C@H]1c1c(OC)ccc2ccccc12. The summed E-state index contributed by atoms with van der Waals surface area (Å²) >= 11 is 1.30. The third-order valence-corrected chi connectivity index (χ3v) is 9.38. The quantitative estimate of drug-likeness (QED) is 0.205. The van der Waals surface area contributed by atoms with Crippen molar-refractivity contribution in [2.75, 3.05) is 20.2 Å². The van der Waals surface area contributed by atoms with E-state index in [1.807, 2.05) is 99.6 Å². The van der Waals surface area contributed by atoms with Gasteiger partial charge in [-0.25, -0.2) is 4.99 Å². The highest BCUT2D eigenvalue weighted by Crippen LogP contribution is 2.40. The highest BCUT2D eigenvalue weighted by atomic mass is 32.1. The smallest absolute Gasteiger partial charge is 0.271 e. The number of carbonyl (C=O) groups excluding carboxylic acids is 1. The molecule has 0 radical (unpaired) electrons. The van der Waals surface area contributed by atoms with Gasteiger partial charge in [0.15, 0.2) is 4.80 Å². The zero-order valence-corrected chi connectivity index (χ0v) is 27.5. The number of nitrogens with zero attached hydrogens (tertiary/aromatic N) is 4. The monoisotopic (exact) mass is 642 g/mol. The molecule has 2 heterocycles. The van der Waals surface area contributed by atoms with Crippen LogP contribution in [-0.2, 0) is 11.4 Å². The molecule has 1 aliphatic heterocycles.